The van der Waals surface area contributed by atoms with Crippen molar-refractivity contribution in [2.45, 2.75) is 32.7 Å². The summed E-state index contributed by atoms with van der Waals surface area (Å²) in [5, 5.41) is 3.51. The van der Waals surface area contributed by atoms with Crippen LogP contribution in [0.3, 0.4) is 0 Å². The highest BCUT2D eigenvalue weighted by molar-refractivity contribution is 5.42. The second-order valence-electron chi connectivity index (χ2n) is 4.04. The molecule has 0 saturated carbocycles. The van der Waals surface area contributed by atoms with E-state index in [4.69, 9.17) is 4.74 Å². The fourth-order valence-corrected chi connectivity index (χ4v) is 1.97. The predicted octanol–water partition coefficient (Wildman–Crippen LogP) is 2.68. The second-order valence-corrected chi connectivity index (χ2v) is 4.04. The molecule has 0 fully saturated rings. The molecule has 2 nitrogen and oxygen atoms in total. The van der Waals surface area contributed by atoms with E-state index in [1.54, 1.807) is 0 Å². The minimum atomic E-state index is 0.395. The van der Waals surface area contributed by atoms with Crippen molar-refractivity contribution in [2.24, 2.45) is 0 Å². The molecule has 15 heavy (non-hydrogen) atoms. The van der Waals surface area contributed by atoms with Crippen molar-refractivity contribution < 1.29 is 4.74 Å². The summed E-state index contributed by atoms with van der Waals surface area (Å²) in [6.07, 6.45) is 2.26. The van der Waals surface area contributed by atoms with Gasteiger partial charge in [0.1, 0.15) is 12.4 Å². The molecule has 2 rings (SSSR count). The molecular weight excluding hydrogens is 186 g/mol. The number of benzene rings is 1. The molecule has 1 N–H and O–H groups in total. The van der Waals surface area contributed by atoms with E-state index in [9.17, 15) is 0 Å². The molecule has 0 radical (unpaired) electrons. The maximum Gasteiger partial charge on any atom is 0.124 e. The summed E-state index contributed by atoms with van der Waals surface area (Å²) in [5.74, 6) is 1.06. The highest BCUT2D eigenvalue weighted by atomic mass is 16.5. The van der Waals surface area contributed by atoms with Gasteiger partial charge in [-0.25, -0.2) is 0 Å². The third kappa shape index (κ3) is 2.15. The first kappa shape index (κ1) is 10.5. The minimum Gasteiger partial charge on any atom is -0.491 e. The number of fused-ring (bicyclic) bond motifs is 1. The molecule has 1 aliphatic heterocycles. The Balaban J connectivity index is 2.16. The van der Waals surface area contributed by atoms with Crippen LogP contribution in [0.2, 0.25) is 0 Å². The van der Waals surface area contributed by atoms with E-state index in [0.717, 1.165) is 25.3 Å². The summed E-state index contributed by atoms with van der Waals surface area (Å²) in [5.41, 5.74) is 2.73. The molecule has 1 aromatic carbocycles. The molecule has 0 aliphatic carbocycles. The number of ether oxygens (including phenoxy) is 1. The Hall–Kier alpha value is -1.02. The molecule has 82 valence electrons. The maximum atomic E-state index is 5.65. The Labute approximate surface area is 91.6 Å². The van der Waals surface area contributed by atoms with Crippen LogP contribution in [0, 0.1) is 0 Å². The molecule has 1 unspecified atom stereocenters. The largest absolute Gasteiger partial charge is 0.491 e. The summed E-state index contributed by atoms with van der Waals surface area (Å²) in [7, 11) is 0. The molecule has 1 aromatic rings. The van der Waals surface area contributed by atoms with Gasteiger partial charge in [0, 0.05) is 5.56 Å². The SMILES string of the molecule is CCCNC1COc2ccc(CC)cc21. The first-order valence-electron chi connectivity index (χ1n) is 5.84. The average molecular weight is 205 g/mol. The number of hydrogen-bond acceptors (Lipinski definition) is 2. The van der Waals surface area contributed by atoms with Crippen LogP contribution in [0.5, 0.6) is 5.75 Å². The van der Waals surface area contributed by atoms with Gasteiger partial charge in [-0.15, -0.1) is 0 Å². The van der Waals surface area contributed by atoms with Gasteiger partial charge in [0.15, 0.2) is 0 Å². The van der Waals surface area contributed by atoms with E-state index in [-0.39, 0.29) is 0 Å². The Morgan fingerprint density at radius 1 is 1.40 bits per heavy atom. The lowest BCUT2D eigenvalue weighted by molar-refractivity contribution is 0.311. The van der Waals surface area contributed by atoms with Gasteiger partial charge in [-0.05, 0) is 31.0 Å². The zero-order valence-electron chi connectivity index (χ0n) is 9.55. The van der Waals surface area contributed by atoms with E-state index in [1.807, 2.05) is 0 Å². The van der Waals surface area contributed by atoms with Crippen LogP contribution >= 0.6 is 0 Å². The normalized spacial score (nSPS) is 18.7. The van der Waals surface area contributed by atoms with Crippen molar-refractivity contribution >= 4 is 0 Å². The van der Waals surface area contributed by atoms with Crippen molar-refractivity contribution in [3.8, 4) is 5.75 Å². The monoisotopic (exact) mass is 205 g/mol. The molecule has 0 amide bonds. The Morgan fingerprint density at radius 2 is 2.27 bits per heavy atom. The minimum absolute atomic E-state index is 0.395. The third-order valence-corrected chi connectivity index (χ3v) is 2.90. The Bertz CT molecular complexity index is 335. The van der Waals surface area contributed by atoms with Gasteiger partial charge in [0.2, 0.25) is 0 Å². The zero-order chi connectivity index (χ0) is 10.7. The van der Waals surface area contributed by atoms with Crippen LogP contribution in [0.15, 0.2) is 18.2 Å². The number of hydrogen-bond donors (Lipinski definition) is 1. The van der Waals surface area contributed by atoms with Crippen LogP contribution in [-0.4, -0.2) is 13.2 Å². The van der Waals surface area contributed by atoms with Crippen molar-refractivity contribution in [1.29, 1.82) is 0 Å². The topological polar surface area (TPSA) is 21.3 Å². The molecule has 0 saturated heterocycles. The van der Waals surface area contributed by atoms with Crippen molar-refractivity contribution in [2.75, 3.05) is 13.2 Å². The maximum absolute atomic E-state index is 5.65. The summed E-state index contributed by atoms with van der Waals surface area (Å²) < 4.78 is 5.65. The molecule has 0 aromatic heterocycles. The summed E-state index contributed by atoms with van der Waals surface area (Å²) in [6, 6.07) is 6.92. The van der Waals surface area contributed by atoms with E-state index >= 15 is 0 Å². The van der Waals surface area contributed by atoms with Crippen LogP contribution in [0.25, 0.3) is 0 Å². The molecule has 1 atom stereocenters. The van der Waals surface area contributed by atoms with Crippen LogP contribution < -0.4 is 10.1 Å². The van der Waals surface area contributed by atoms with Gasteiger partial charge in [0.25, 0.3) is 0 Å². The molecular formula is C13H19NO. The van der Waals surface area contributed by atoms with Crippen molar-refractivity contribution in [1.82, 2.24) is 5.32 Å². The molecule has 1 aliphatic rings. The first-order chi connectivity index (χ1) is 7.35. The fraction of sp³-hybridized carbons (Fsp3) is 0.538. The quantitative estimate of drug-likeness (QED) is 0.816. The summed E-state index contributed by atoms with van der Waals surface area (Å²) in [6.45, 7) is 6.21. The van der Waals surface area contributed by atoms with E-state index in [2.05, 4.69) is 37.4 Å². The Kier molecular flexibility index (Phi) is 3.27. The van der Waals surface area contributed by atoms with Crippen molar-refractivity contribution in [3.05, 3.63) is 29.3 Å². The van der Waals surface area contributed by atoms with Gasteiger partial charge < -0.3 is 10.1 Å². The molecule has 1 heterocycles. The van der Waals surface area contributed by atoms with Gasteiger partial charge >= 0.3 is 0 Å². The van der Waals surface area contributed by atoms with E-state index < -0.39 is 0 Å². The predicted molar refractivity (Wildman–Crippen MR) is 62.3 cm³/mol. The zero-order valence-corrected chi connectivity index (χ0v) is 9.55. The number of rotatable bonds is 4. The first-order valence-corrected chi connectivity index (χ1v) is 5.84. The standard InChI is InChI=1S/C13H19NO/c1-3-7-14-12-9-15-13-6-5-10(4-2)8-11(12)13/h5-6,8,12,14H,3-4,7,9H2,1-2H3. The van der Waals surface area contributed by atoms with Crippen LogP contribution in [-0.2, 0) is 6.42 Å². The second kappa shape index (κ2) is 4.67. The lowest BCUT2D eigenvalue weighted by Crippen LogP contribution is -2.23. The third-order valence-electron chi connectivity index (χ3n) is 2.90. The molecule has 0 spiro atoms. The van der Waals surface area contributed by atoms with Crippen LogP contribution in [0.1, 0.15) is 37.4 Å². The fourth-order valence-electron chi connectivity index (χ4n) is 1.97. The average Bonchev–Trinajstić information content (AvgIpc) is 2.68. The van der Waals surface area contributed by atoms with E-state index in [1.165, 1.54) is 17.5 Å². The van der Waals surface area contributed by atoms with E-state index in [0.29, 0.717) is 6.04 Å². The smallest absolute Gasteiger partial charge is 0.124 e. The Morgan fingerprint density at radius 3 is 3.00 bits per heavy atom. The van der Waals surface area contributed by atoms with Crippen LogP contribution in [0.4, 0.5) is 0 Å². The number of aryl methyl sites for hydroxylation is 1. The van der Waals surface area contributed by atoms with Gasteiger partial charge in [-0.3, -0.25) is 0 Å². The highest BCUT2D eigenvalue weighted by Crippen LogP contribution is 2.32. The summed E-state index contributed by atoms with van der Waals surface area (Å²) >= 11 is 0. The molecule has 0 bridgehead atoms. The van der Waals surface area contributed by atoms with Gasteiger partial charge in [-0.1, -0.05) is 26.0 Å². The van der Waals surface area contributed by atoms with Crippen molar-refractivity contribution in [3.63, 3.8) is 0 Å². The number of nitrogens with one attached hydrogen (secondary N) is 1. The lowest BCUT2D eigenvalue weighted by atomic mass is 10.0. The summed E-state index contributed by atoms with van der Waals surface area (Å²) in [4.78, 5) is 0. The lowest BCUT2D eigenvalue weighted by Gasteiger charge is -2.10. The van der Waals surface area contributed by atoms with Gasteiger partial charge in [0.05, 0.1) is 6.04 Å². The molecule has 2 heteroatoms. The van der Waals surface area contributed by atoms with Gasteiger partial charge in [-0.2, -0.15) is 0 Å². The highest BCUT2D eigenvalue weighted by Gasteiger charge is 2.23.